The quantitative estimate of drug-likeness (QED) is 0.716. The molecule has 0 spiro atoms. The molecule has 4 heteroatoms. The van der Waals surface area contributed by atoms with Crippen LogP contribution in [-0.4, -0.2) is 44.0 Å². The van der Waals surface area contributed by atoms with Gasteiger partial charge in [0.1, 0.15) is 0 Å². The summed E-state index contributed by atoms with van der Waals surface area (Å²) in [5.41, 5.74) is 5.44. The van der Waals surface area contributed by atoms with Crippen molar-refractivity contribution in [1.82, 2.24) is 10.2 Å². The number of likely N-dealkylation sites (tertiary alicyclic amines) is 1. The SMILES string of the molecule is CC(CCN)C(=O)NCC1CCCN(C)C1. The van der Waals surface area contributed by atoms with Gasteiger partial charge in [0.2, 0.25) is 5.91 Å². The molecule has 1 heterocycles. The van der Waals surface area contributed by atoms with Crippen molar-refractivity contribution in [2.24, 2.45) is 17.6 Å². The van der Waals surface area contributed by atoms with Crippen LogP contribution in [0.3, 0.4) is 0 Å². The fourth-order valence-corrected chi connectivity index (χ4v) is 2.24. The highest BCUT2D eigenvalue weighted by Gasteiger charge is 2.19. The molecule has 0 saturated carbocycles. The average Bonchev–Trinajstić information content (AvgIpc) is 2.26. The number of rotatable bonds is 5. The molecule has 1 fully saturated rings. The van der Waals surface area contributed by atoms with Crippen LogP contribution >= 0.6 is 0 Å². The van der Waals surface area contributed by atoms with Crippen LogP contribution in [0.25, 0.3) is 0 Å². The second-order valence-electron chi connectivity index (χ2n) is 4.99. The summed E-state index contributed by atoms with van der Waals surface area (Å²) in [4.78, 5) is 14.0. The first-order valence-electron chi connectivity index (χ1n) is 6.29. The van der Waals surface area contributed by atoms with Gasteiger partial charge in [0.05, 0.1) is 0 Å². The van der Waals surface area contributed by atoms with Crippen molar-refractivity contribution in [1.29, 1.82) is 0 Å². The maximum Gasteiger partial charge on any atom is 0.222 e. The second-order valence-corrected chi connectivity index (χ2v) is 4.99. The molecule has 0 bridgehead atoms. The number of piperidine rings is 1. The lowest BCUT2D eigenvalue weighted by atomic mass is 9.98. The zero-order valence-corrected chi connectivity index (χ0v) is 10.5. The summed E-state index contributed by atoms with van der Waals surface area (Å²) in [6, 6.07) is 0. The van der Waals surface area contributed by atoms with Gasteiger partial charge in [0.15, 0.2) is 0 Å². The van der Waals surface area contributed by atoms with Gasteiger partial charge in [-0.25, -0.2) is 0 Å². The summed E-state index contributed by atoms with van der Waals surface area (Å²) in [7, 11) is 2.14. The number of nitrogens with zero attached hydrogens (tertiary/aromatic N) is 1. The monoisotopic (exact) mass is 227 g/mol. The van der Waals surface area contributed by atoms with E-state index in [4.69, 9.17) is 5.73 Å². The summed E-state index contributed by atoms with van der Waals surface area (Å²) in [5.74, 6) is 0.817. The third kappa shape index (κ3) is 4.49. The normalized spacial score (nSPS) is 24.1. The largest absolute Gasteiger partial charge is 0.356 e. The third-order valence-electron chi connectivity index (χ3n) is 3.33. The first-order valence-corrected chi connectivity index (χ1v) is 6.29. The molecule has 0 aromatic rings. The van der Waals surface area contributed by atoms with E-state index in [0.717, 1.165) is 19.5 Å². The van der Waals surface area contributed by atoms with E-state index in [9.17, 15) is 4.79 Å². The molecule has 1 aliphatic heterocycles. The molecule has 2 atom stereocenters. The third-order valence-corrected chi connectivity index (χ3v) is 3.33. The summed E-state index contributed by atoms with van der Waals surface area (Å²) in [6.07, 6.45) is 3.25. The van der Waals surface area contributed by atoms with Gasteiger partial charge >= 0.3 is 0 Å². The highest BCUT2D eigenvalue weighted by molar-refractivity contribution is 5.78. The van der Waals surface area contributed by atoms with Crippen molar-refractivity contribution in [3.63, 3.8) is 0 Å². The van der Waals surface area contributed by atoms with E-state index in [1.165, 1.54) is 19.4 Å². The summed E-state index contributed by atoms with van der Waals surface area (Å²) in [6.45, 7) is 5.63. The Balaban J connectivity index is 2.20. The Morgan fingerprint density at radius 2 is 2.38 bits per heavy atom. The van der Waals surface area contributed by atoms with Crippen molar-refractivity contribution in [2.75, 3.05) is 33.2 Å². The molecule has 94 valence electrons. The van der Waals surface area contributed by atoms with Crippen LogP contribution in [0.2, 0.25) is 0 Å². The molecular formula is C12H25N3O. The average molecular weight is 227 g/mol. The molecular weight excluding hydrogens is 202 g/mol. The van der Waals surface area contributed by atoms with Gasteiger partial charge in [0, 0.05) is 19.0 Å². The molecule has 1 amide bonds. The molecule has 0 radical (unpaired) electrons. The second kappa shape index (κ2) is 6.86. The molecule has 1 aliphatic rings. The molecule has 0 aromatic carbocycles. The van der Waals surface area contributed by atoms with Gasteiger partial charge in [-0.3, -0.25) is 4.79 Å². The Morgan fingerprint density at radius 3 is 3.00 bits per heavy atom. The lowest BCUT2D eigenvalue weighted by Gasteiger charge is -2.30. The highest BCUT2D eigenvalue weighted by Crippen LogP contribution is 2.14. The first-order chi connectivity index (χ1) is 7.63. The minimum Gasteiger partial charge on any atom is -0.356 e. The van der Waals surface area contributed by atoms with Gasteiger partial charge in [-0.2, -0.15) is 0 Å². The van der Waals surface area contributed by atoms with E-state index in [2.05, 4.69) is 17.3 Å². The van der Waals surface area contributed by atoms with Crippen LogP contribution in [-0.2, 0) is 4.79 Å². The van der Waals surface area contributed by atoms with Gasteiger partial charge < -0.3 is 16.0 Å². The summed E-state index contributed by atoms with van der Waals surface area (Å²) < 4.78 is 0. The lowest BCUT2D eigenvalue weighted by molar-refractivity contribution is -0.124. The maximum absolute atomic E-state index is 11.7. The van der Waals surface area contributed by atoms with E-state index in [0.29, 0.717) is 12.5 Å². The van der Waals surface area contributed by atoms with Crippen LogP contribution in [0, 0.1) is 11.8 Å². The number of nitrogens with one attached hydrogen (secondary N) is 1. The number of hydrogen-bond donors (Lipinski definition) is 2. The van der Waals surface area contributed by atoms with Crippen LogP contribution in [0.15, 0.2) is 0 Å². The Labute approximate surface area is 98.6 Å². The van der Waals surface area contributed by atoms with Crippen molar-refractivity contribution in [2.45, 2.75) is 26.2 Å². The molecule has 1 saturated heterocycles. The zero-order valence-electron chi connectivity index (χ0n) is 10.5. The number of nitrogens with two attached hydrogens (primary N) is 1. The standard InChI is InChI=1S/C12H25N3O/c1-10(5-6-13)12(16)14-8-11-4-3-7-15(2)9-11/h10-11H,3-9,13H2,1-2H3,(H,14,16). The number of amides is 1. The number of carbonyl (C=O) groups is 1. The molecule has 2 unspecified atom stereocenters. The van der Waals surface area contributed by atoms with Crippen LogP contribution in [0.1, 0.15) is 26.2 Å². The minimum absolute atomic E-state index is 0.0475. The zero-order chi connectivity index (χ0) is 12.0. The smallest absolute Gasteiger partial charge is 0.222 e. The Bertz CT molecular complexity index is 220. The number of carbonyl (C=O) groups excluding carboxylic acids is 1. The van der Waals surface area contributed by atoms with Crippen molar-refractivity contribution >= 4 is 5.91 Å². The predicted octanol–water partition coefficient (Wildman–Crippen LogP) is 0.429. The Kier molecular flexibility index (Phi) is 5.77. The Morgan fingerprint density at radius 1 is 1.62 bits per heavy atom. The van der Waals surface area contributed by atoms with Crippen LogP contribution in [0.4, 0.5) is 0 Å². The van der Waals surface area contributed by atoms with Crippen molar-refractivity contribution in [3.05, 3.63) is 0 Å². The highest BCUT2D eigenvalue weighted by atomic mass is 16.1. The fraction of sp³-hybridized carbons (Fsp3) is 0.917. The first kappa shape index (κ1) is 13.5. The topological polar surface area (TPSA) is 58.4 Å². The molecule has 4 nitrogen and oxygen atoms in total. The summed E-state index contributed by atoms with van der Waals surface area (Å²) >= 11 is 0. The molecule has 1 rings (SSSR count). The molecule has 16 heavy (non-hydrogen) atoms. The number of hydrogen-bond acceptors (Lipinski definition) is 3. The van der Waals surface area contributed by atoms with Crippen LogP contribution < -0.4 is 11.1 Å². The lowest BCUT2D eigenvalue weighted by Crippen LogP contribution is -2.40. The minimum atomic E-state index is 0.0475. The van der Waals surface area contributed by atoms with Gasteiger partial charge in [-0.15, -0.1) is 0 Å². The summed E-state index contributed by atoms with van der Waals surface area (Å²) in [5, 5.41) is 3.04. The van der Waals surface area contributed by atoms with E-state index in [-0.39, 0.29) is 11.8 Å². The fourth-order valence-electron chi connectivity index (χ4n) is 2.24. The van der Waals surface area contributed by atoms with E-state index in [1.807, 2.05) is 6.92 Å². The van der Waals surface area contributed by atoms with Crippen LogP contribution in [0.5, 0.6) is 0 Å². The van der Waals surface area contributed by atoms with E-state index in [1.54, 1.807) is 0 Å². The molecule has 0 aromatic heterocycles. The van der Waals surface area contributed by atoms with Crippen molar-refractivity contribution < 1.29 is 4.79 Å². The van der Waals surface area contributed by atoms with E-state index < -0.39 is 0 Å². The van der Waals surface area contributed by atoms with Gasteiger partial charge in [0.25, 0.3) is 0 Å². The van der Waals surface area contributed by atoms with Gasteiger partial charge in [-0.05, 0) is 45.3 Å². The maximum atomic E-state index is 11.7. The molecule has 0 aliphatic carbocycles. The van der Waals surface area contributed by atoms with E-state index >= 15 is 0 Å². The van der Waals surface area contributed by atoms with Gasteiger partial charge in [-0.1, -0.05) is 6.92 Å². The van der Waals surface area contributed by atoms with Crippen molar-refractivity contribution in [3.8, 4) is 0 Å². The predicted molar refractivity (Wildman–Crippen MR) is 66.1 cm³/mol. The molecule has 3 N–H and O–H groups in total. The Hall–Kier alpha value is -0.610.